The van der Waals surface area contributed by atoms with Gasteiger partial charge in [-0.25, -0.2) is 0 Å². The van der Waals surface area contributed by atoms with Crippen molar-refractivity contribution >= 4 is 11.6 Å². The summed E-state index contributed by atoms with van der Waals surface area (Å²) < 4.78 is 5.73. The van der Waals surface area contributed by atoms with Crippen molar-refractivity contribution < 1.29 is 4.74 Å². The fourth-order valence-corrected chi connectivity index (χ4v) is 2.35. The van der Waals surface area contributed by atoms with E-state index in [1.165, 1.54) is 5.56 Å². The molecule has 94 valence electrons. The molecule has 0 heterocycles. The lowest BCUT2D eigenvalue weighted by atomic mass is 9.91. The Kier molecular flexibility index (Phi) is 5.07. The summed E-state index contributed by atoms with van der Waals surface area (Å²) in [5, 5.41) is 0.847. The molecule has 0 radical (unpaired) electrons. The molecule has 1 nitrogen and oxygen atoms in total. The highest BCUT2D eigenvalue weighted by Gasteiger charge is 2.17. The second-order valence-corrected chi connectivity index (χ2v) is 4.78. The zero-order chi connectivity index (χ0) is 13.0. The van der Waals surface area contributed by atoms with Crippen LogP contribution in [0, 0.1) is 13.8 Å². The zero-order valence-corrected chi connectivity index (χ0v) is 11.9. The van der Waals surface area contributed by atoms with Gasteiger partial charge in [-0.15, -0.1) is 6.58 Å². The molecule has 0 amide bonds. The van der Waals surface area contributed by atoms with Gasteiger partial charge in [0.2, 0.25) is 0 Å². The van der Waals surface area contributed by atoms with Gasteiger partial charge in [0.25, 0.3) is 0 Å². The first-order valence-corrected chi connectivity index (χ1v) is 6.43. The predicted molar refractivity (Wildman–Crippen MR) is 75.3 cm³/mol. The molecule has 2 heteroatoms. The maximum absolute atomic E-state index is 6.32. The molecular weight excluding hydrogens is 232 g/mol. The van der Waals surface area contributed by atoms with E-state index in [9.17, 15) is 0 Å². The molecular formula is C15H21ClO. The van der Waals surface area contributed by atoms with Gasteiger partial charge in [-0.05, 0) is 50.3 Å². The smallest absolute Gasteiger partial charge is 0.123 e. The summed E-state index contributed by atoms with van der Waals surface area (Å²) in [7, 11) is 0. The number of hydrogen-bond acceptors (Lipinski definition) is 1. The Labute approximate surface area is 109 Å². The topological polar surface area (TPSA) is 9.23 Å². The van der Waals surface area contributed by atoms with Gasteiger partial charge >= 0.3 is 0 Å². The van der Waals surface area contributed by atoms with Crippen LogP contribution in [0.15, 0.2) is 18.7 Å². The molecule has 1 aromatic rings. The first kappa shape index (κ1) is 14.1. The van der Waals surface area contributed by atoms with Crippen LogP contribution in [-0.2, 0) is 0 Å². The van der Waals surface area contributed by atoms with E-state index in [0.717, 1.165) is 28.3 Å². The Hall–Kier alpha value is -0.950. The van der Waals surface area contributed by atoms with Crippen LogP contribution in [0.3, 0.4) is 0 Å². The quantitative estimate of drug-likeness (QED) is 0.668. The second-order valence-electron chi connectivity index (χ2n) is 4.40. The van der Waals surface area contributed by atoms with Crippen molar-refractivity contribution in [2.24, 2.45) is 0 Å². The molecule has 1 aromatic carbocycles. The van der Waals surface area contributed by atoms with Crippen molar-refractivity contribution in [3.63, 3.8) is 0 Å². The molecule has 17 heavy (non-hydrogen) atoms. The highest BCUT2D eigenvalue weighted by atomic mass is 35.5. The molecule has 0 saturated carbocycles. The van der Waals surface area contributed by atoms with Crippen molar-refractivity contribution in [2.45, 2.75) is 40.0 Å². The monoisotopic (exact) mass is 252 g/mol. The minimum absolute atomic E-state index is 0.382. The van der Waals surface area contributed by atoms with Gasteiger partial charge in [0, 0.05) is 10.6 Å². The summed E-state index contributed by atoms with van der Waals surface area (Å²) in [4.78, 5) is 0. The van der Waals surface area contributed by atoms with E-state index in [4.69, 9.17) is 16.3 Å². The number of rotatable bonds is 5. The summed E-state index contributed by atoms with van der Waals surface area (Å²) in [6.07, 6.45) is 2.87. The summed E-state index contributed by atoms with van der Waals surface area (Å²) in [6, 6.07) is 2.04. The Balaban J connectivity index is 3.32. The van der Waals surface area contributed by atoms with Crippen molar-refractivity contribution in [3.05, 3.63) is 40.4 Å². The number of allylic oxidation sites excluding steroid dienone is 1. The molecule has 1 rings (SSSR count). The first-order valence-electron chi connectivity index (χ1n) is 6.06. The van der Waals surface area contributed by atoms with E-state index >= 15 is 0 Å². The minimum atomic E-state index is 0.382. The summed E-state index contributed by atoms with van der Waals surface area (Å²) in [5.41, 5.74) is 3.41. The number of ether oxygens (including phenoxy) is 1. The predicted octanol–water partition coefficient (Wildman–Crippen LogP) is 5.04. The largest absolute Gasteiger partial charge is 0.494 e. The minimum Gasteiger partial charge on any atom is -0.494 e. The summed E-state index contributed by atoms with van der Waals surface area (Å²) in [6.45, 7) is 12.7. The number of benzene rings is 1. The molecule has 0 fully saturated rings. The van der Waals surface area contributed by atoms with Crippen LogP contribution in [0.5, 0.6) is 5.75 Å². The third-order valence-corrected chi connectivity index (χ3v) is 3.59. The van der Waals surface area contributed by atoms with Gasteiger partial charge in [0.15, 0.2) is 0 Å². The van der Waals surface area contributed by atoms with Crippen LogP contribution in [-0.4, -0.2) is 6.61 Å². The fourth-order valence-electron chi connectivity index (χ4n) is 2.19. The Morgan fingerprint density at radius 2 is 2.12 bits per heavy atom. The maximum atomic E-state index is 6.32. The van der Waals surface area contributed by atoms with E-state index in [1.807, 2.05) is 26.0 Å². The van der Waals surface area contributed by atoms with Gasteiger partial charge in [0.1, 0.15) is 5.75 Å². The van der Waals surface area contributed by atoms with Gasteiger partial charge in [-0.1, -0.05) is 24.6 Å². The van der Waals surface area contributed by atoms with Crippen LogP contribution in [0.2, 0.25) is 5.02 Å². The van der Waals surface area contributed by atoms with Crippen molar-refractivity contribution in [3.8, 4) is 5.75 Å². The van der Waals surface area contributed by atoms with E-state index in [1.54, 1.807) is 0 Å². The second kappa shape index (κ2) is 6.11. The maximum Gasteiger partial charge on any atom is 0.123 e. The van der Waals surface area contributed by atoms with Gasteiger partial charge < -0.3 is 4.74 Å². The lowest BCUT2D eigenvalue weighted by Crippen LogP contribution is -2.04. The Morgan fingerprint density at radius 1 is 1.47 bits per heavy atom. The number of aryl methyl sites for hydroxylation is 1. The standard InChI is InChI=1S/C15H21ClO/c1-6-8-10(3)14-12(5)15(16)11(4)9-13(14)17-7-2/h6,9-10H,1,7-8H2,2-5H3. The lowest BCUT2D eigenvalue weighted by Gasteiger charge is -2.20. The van der Waals surface area contributed by atoms with Crippen molar-refractivity contribution in [1.29, 1.82) is 0 Å². The normalized spacial score (nSPS) is 12.3. The van der Waals surface area contributed by atoms with Crippen LogP contribution < -0.4 is 4.74 Å². The fraction of sp³-hybridized carbons (Fsp3) is 0.467. The average Bonchev–Trinajstić information content (AvgIpc) is 2.27. The van der Waals surface area contributed by atoms with Crippen molar-refractivity contribution in [1.82, 2.24) is 0 Å². The molecule has 0 bridgehead atoms. The third kappa shape index (κ3) is 3.04. The molecule has 0 saturated heterocycles. The molecule has 0 aromatic heterocycles. The van der Waals surface area contributed by atoms with Gasteiger partial charge in [-0.3, -0.25) is 0 Å². The number of halogens is 1. The number of hydrogen-bond donors (Lipinski definition) is 0. The first-order chi connectivity index (χ1) is 8.02. The van der Waals surface area contributed by atoms with Crippen LogP contribution in [0.25, 0.3) is 0 Å². The molecule has 1 atom stereocenters. The molecule has 0 spiro atoms. The summed E-state index contributed by atoms with van der Waals surface area (Å²) >= 11 is 6.32. The van der Waals surface area contributed by atoms with Gasteiger partial charge in [0.05, 0.1) is 6.61 Å². The van der Waals surface area contributed by atoms with Crippen LogP contribution >= 0.6 is 11.6 Å². The Morgan fingerprint density at radius 3 is 2.65 bits per heavy atom. The van der Waals surface area contributed by atoms with E-state index in [0.29, 0.717) is 12.5 Å². The molecule has 0 aliphatic rings. The van der Waals surface area contributed by atoms with Crippen LogP contribution in [0.1, 0.15) is 42.9 Å². The SMILES string of the molecule is C=CCC(C)c1c(OCC)cc(C)c(Cl)c1C. The van der Waals surface area contributed by atoms with E-state index < -0.39 is 0 Å². The third-order valence-electron chi connectivity index (χ3n) is 3.01. The lowest BCUT2D eigenvalue weighted by molar-refractivity contribution is 0.334. The summed E-state index contributed by atoms with van der Waals surface area (Å²) in [5.74, 6) is 1.34. The molecule has 0 N–H and O–H groups in total. The highest BCUT2D eigenvalue weighted by Crippen LogP contribution is 2.37. The molecule has 0 aliphatic heterocycles. The van der Waals surface area contributed by atoms with Crippen molar-refractivity contribution in [2.75, 3.05) is 6.61 Å². The van der Waals surface area contributed by atoms with E-state index in [-0.39, 0.29) is 0 Å². The average molecular weight is 253 g/mol. The van der Waals surface area contributed by atoms with Crippen LogP contribution in [0.4, 0.5) is 0 Å². The van der Waals surface area contributed by atoms with Gasteiger partial charge in [-0.2, -0.15) is 0 Å². The highest BCUT2D eigenvalue weighted by molar-refractivity contribution is 6.32. The Bertz CT molecular complexity index is 410. The zero-order valence-electron chi connectivity index (χ0n) is 11.1. The van der Waals surface area contributed by atoms with E-state index in [2.05, 4.69) is 20.4 Å². The molecule has 0 aliphatic carbocycles. The molecule has 1 unspecified atom stereocenters.